The highest BCUT2D eigenvalue weighted by atomic mass is 16.5. The van der Waals surface area contributed by atoms with Crippen molar-refractivity contribution >= 4 is 11.9 Å². The number of esters is 1. The van der Waals surface area contributed by atoms with Gasteiger partial charge in [0.1, 0.15) is 0 Å². The minimum absolute atomic E-state index is 0.158. The van der Waals surface area contributed by atoms with E-state index in [4.69, 9.17) is 9.84 Å². The van der Waals surface area contributed by atoms with Gasteiger partial charge in [-0.05, 0) is 30.7 Å². The van der Waals surface area contributed by atoms with E-state index in [1.807, 2.05) is 6.92 Å². The number of aromatic carboxylic acids is 1. The van der Waals surface area contributed by atoms with Gasteiger partial charge in [-0.1, -0.05) is 13.3 Å². The summed E-state index contributed by atoms with van der Waals surface area (Å²) in [6, 6.07) is 5.69. The molecule has 0 heterocycles. The highest BCUT2D eigenvalue weighted by Crippen LogP contribution is 2.06. The molecule has 0 atom stereocenters. The number of benzene rings is 1. The minimum Gasteiger partial charge on any atom is -0.478 e. The van der Waals surface area contributed by atoms with E-state index in [2.05, 4.69) is 0 Å². The molecule has 1 aromatic carbocycles. The molecule has 1 rings (SSSR count). The fourth-order valence-corrected chi connectivity index (χ4v) is 1.14. The Hall–Kier alpha value is -1.84. The summed E-state index contributed by atoms with van der Waals surface area (Å²) in [5.74, 6) is -1.42. The van der Waals surface area contributed by atoms with Crippen LogP contribution in [0.4, 0.5) is 0 Å². The SMILES string of the molecule is CCCCOC(=O)c1ccc(C(=O)O)cc1. The van der Waals surface area contributed by atoms with Crippen molar-refractivity contribution in [1.29, 1.82) is 0 Å². The summed E-state index contributed by atoms with van der Waals surface area (Å²) in [6.45, 7) is 2.41. The van der Waals surface area contributed by atoms with E-state index in [9.17, 15) is 9.59 Å². The first-order chi connectivity index (χ1) is 7.65. The third kappa shape index (κ3) is 3.38. The summed E-state index contributed by atoms with van der Waals surface area (Å²) in [5.41, 5.74) is 0.534. The first-order valence-electron chi connectivity index (χ1n) is 5.15. The molecule has 16 heavy (non-hydrogen) atoms. The van der Waals surface area contributed by atoms with Gasteiger partial charge in [0.2, 0.25) is 0 Å². The van der Waals surface area contributed by atoms with Crippen LogP contribution in [-0.2, 0) is 4.74 Å². The molecule has 0 saturated heterocycles. The average molecular weight is 222 g/mol. The van der Waals surface area contributed by atoms with Gasteiger partial charge in [0.05, 0.1) is 17.7 Å². The number of carbonyl (C=O) groups is 2. The van der Waals surface area contributed by atoms with E-state index < -0.39 is 11.9 Å². The number of hydrogen-bond donors (Lipinski definition) is 1. The summed E-state index contributed by atoms with van der Waals surface area (Å²) in [5, 5.41) is 8.67. The molecule has 0 aliphatic rings. The summed E-state index contributed by atoms with van der Waals surface area (Å²) in [7, 11) is 0. The van der Waals surface area contributed by atoms with Crippen molar-refractivity contribution in [1.82, 2.24) is 0 Å². The first-order valence-corrected chi connectivity index (χ1v) is 5.15. The van der Waals surface area contributed by atoms with Crippen molar-refractivity contribution in [3.63, 3.8) is 0 Å². The fourth-order valence-electron chi connectivity index (χ4n) is 1.14. The highest BCUT2D eigenvalue weighted by Gasteiger charge is 2.08. The molecular formula is C12H14O4. The molecule has 0 spiro atoms. The molecule has 86 valence electrons. The quantitative estimate of drug-likeness (QED) is 0.613. The fraction of sp³-hybridized carbons (Fsp3) is 0.333. The third-order valence-electron chi connectivity index (χ3n) is 2.10. The van der Waals surface area contributed by atoms with Crippen LogP contribution in [0.15, 0.2) is 24.3 Å². The number of unbranched alkanes of at least 4 members (excludes halogenated alkanes) is 1. The average Bonchev–Trinajstić information content (AvgIpc) is 2.29. The lowest BCUT2D eigenvalue weighted by Gasteiger charge is -2.03. The molecule has 0 saturated carbocycles. The zero-order valence-corrected chi connectivity index (χ0v) is 9.10. The standard InChI is InChI=1S/C12H14O4/c1-2-3-8-16-12(15)10-6-4-9(5-7-10)11(13)14/h4-7H,2-3,8H2,1H3,(H,13,14). The van der Waals surface area contributed by atoms with Gasteiger partial charge in [0.15, 0.2) is 0 Å². The topological polar surface area (TPSA) is 63.6 Å². The summed E-state index contributed by atoms with van der Waals surface area (Å²) in [4.78, 5) is 22.0. The molecule has 0 aliphatic carbocycles. The van der Waals surface area contributed by atoms with Crippen molar-refractivity contribution in [2.75, 3.05) is 6.61 Å². The number of hydrogen-bond acceptors (Lipinski definition) is 3. The number of carboxylic acids is 1. The Kier molecular flexibility index (Phi) is 4.51. The van der Waals surface area contributed by atoms with Crippen LogP contribution in [0.3, 0.4) is 0 Å². The molecule has 0 unspecified atom stereocenters. The van der Waals surface area contributed by atoms with E-state index in [1.165, 1.54) is 24.3 Å². The molecule has 0 aromatic heterocycles. The van der Waals surface area contributed by atoms with Gasteiger partial charge in [-0.2, -0.15) is 0 Å². The monoisotopic (exact) mass is 222 g/mol. The summed E-state index contributed by atoms with van der Waals surface area (Å²) >= 11 is 0. The molecule has 4 nitrogen and oxygen atoms in total. The van der Waals surface area contributed by atoms with Crippen LogP contribution >= 0.6 is 0 Å². The van der Waals surface area contributed by atoms with Crippen molar-refractivity contribution < 1.29 is 19.4 Å². The number of rotatable bonds is 5. The Balaban J connectivity index is 2.59. The zero-order chi connectivity index (χ0) is 12.0. The predicted molar refractivity (Wildman–Crippen MR) is 58.6 cm³/mol. The van der Waals surface area contributed by atoms with E-state index >= 15 is 0 Å². The maximum Gasteiger partial charge on any atom is 0.338 e. The number of carboxylic acid groups (broad SMARTS) is 1. The van der Waals surface area contributed by atoms with Crippen LogP contribution in [0.1, 0.15) is 40.5 Å². The molecule has 0 amide bonds. The van der Waals surface area contributed by atoms with Gasteiger partial charge >= 0.3 is 11.9 Å². The van der Waals surface area contributed by atoms with Gasteiger partial charge in [-0.25, -0.2) is 9.59 Å². The Morgan fingerprint density at radius 3 is 2.25 bits per heavy atom. The first kappa shape index (κ1) is 12.2. The molecule has 0 fully saturated rings. The molecular weight excluding hydrogens is 208 g/mol. The van der Waals surface area contributed by atoms with Gasteiger partial charge in [0, 0.05) is 0 Å². The van der Waals surface area contributed by atoms with Gasteiger partial charge in [0.25, 0.3) is 0 Å². The van der Waals surface area contributed by atoms with Gasteiger partial charge in [-0.3, -0.25) is 0 Å². The van der Waals surface area contributed by atoms with Gasteiger partial charge < -0.3 is 9.84 Å². The lowest BCUT2D eigenvalue weighted by atomic mass is 10.1. The predicted octanol–water partition coefficient (Wildman–Crippen LogP) is 2.34. The van der Waals surface area contributed by atoms with Gasteiger partial charge in [-0.15, -0.1) is 0 Å². The second-order valence-electron chi connectivity index (χ2n) is 3.37. The van der Waals surface area contributed by atoms with Crippen molar-refractivity contribution in [3.8, 4) is 0 Å². The Morgan fingerprint density at radius 1 is 1.19 bits per heavy atom. The van der Waals surface area contributed by atoms with E-state index in [-0.39, 0.29) is 5.56 Å². The third-order valence-corrected chi connectivity index (χ3v) is 2.10. The van der Waals surface area contributed by atoms with E-state index in [1.54, 1.807) is 0 Å². The summed E-state index contributed by atoms with van der Waals surface area (Å²) < 4.78 is 4.98. The van der Waals surface area contributed by atoms with Crippen LogP contribution in [0, 0.1) is 0 Å². The molecule has 0 aliphatic heterocycles. The Morgan fingerprint density at radius 2 is 1.75 bits per heavy atom. The van der Waals surface area contributed by atoms with Crippen molar-refractivity contribution in [2.24, 2.45) is 0 Å². The second kappa shape index (κ2) is 5.90. The smallest absolute Gasteiger partial charge is 0.338 e. The Bertz CT molecular complexity index is 367. The highest BCUT2D eigenvalue weighted by molar-refractivity contribution is 5.92. The van der Waals surface area contributed by atoms with E-state index in [0.29, 0.717) is 12.2 Å². The lowest BCUT2D eigenvalue weighted by molar-refractivity contribution is 0.0498. The van der Waals surface area contributed by atoms with E-state index in [0.717, 1.165) is 12.8 Å². The zero-order valence-electron chi connectivity index (χ0n) is 9.10. The van der Waals surface area contributed by atoms with Crippen LogP contribution < -0.4 is 0 Å². The number of ether oxygens (including phenoxy) is 1. The van der Waals surface area contributed by atoms with Crippen LogP contribution in [0.25, 0.3) is 0 Å². The maximum absolute atomic E-state index is 11.4. The maximum atomic E-state index is 11.4. The van der Waals surface area contributed by atoms with Crippen LogP contribution in [0.2, 0.25) is 0 Å². The largest absolute Gasteiger partial charge is 0.478 e. The molecule has 0 bridgehead atoms. The lowest BCUT2D eigenvalue weighted by Crippen LogP contribution is -2.06. The Labute approximate surface area is 93.9 Å². The molecule has 4 heteroatoms. The van der Waals surface area contributed by atoms with Crippen molar-refractivity contribution in [3.05, 3.63) is 35.4 Å². The normalized spacial score (nSPS) is 9.81. The molecule has 1 N–H and O–H groups in total. The molecule has 1 aromatic rings. The minimum atomic E-state index is -1.01. The van der Waals surface area contributed by atoms with Crippen LogP contribution in [-0.4, -0.2) is 23.7 Å². The number of carbonyl (C=O) groups excluding carboxylic acids is 1. The van der Waals surface area contributed by atoms with Crippen LogP contribution in [0.5, 0.6) is 0 Å². The second-order valence-corrected chi connectivity index (χ2v) is 3.37. The molecule has 0 radical (unpaired) electrons. The van der Waals surface area contributed by atoms with Crippen molar-refractivity contribution in [2.45, 2.75) is 19.8 Å². The summed E-state index contributed by atoms with van der Waals surface area (Å²) in [6.07, 6.45) is 1.80.